The smallest absolute Gasteiger partial charge is 0.0511 e. The van der Waals surface area contributed by atoms with Gasteiger partial charge in [0.05, 0.1) is 6.04 Å². The summed E-state index contributed by atoms with van der Waals surface area (Å²) in [5.41, 5.74) is 2.60. The summed E-state index contributed by atoms with van der Waals surface area (Å²) in [5.74, 6) is 0. The molecule has 2 nitrogen and oxygen atoms in total. The van der Waals surface area contributed by atoms with Gasteiger partial charge in [-0.15, -0.1) is 0 Å². The van der Waals surface area contributed by atoms with E-state index in [9.17, 15) is 0 Å². The lowest BCUT2D eigenvalue weighted by molar-refractivity contribution is 0.413. The van der Waals surface area contributed by atoms with Crippen molar-refractivity contribution in [1.29, 1.82) is 0 Å². The molecule has 0 saturated heterocycles. The molecule has 1 aromatic rings. The van der Waals surface area contributed by atoms with Gasteiger partial charge >= 0.3 is 0 Å². The number of nitrogens with zero attached hydrogens (tertiary/aromatic N) is 2. The van der Waals surface area contributed by atoms with Crippen molar-refractivity contribution in [3.63, 3.8) is 0 Å². The number of allylic oxidation sites excluding steroid dienone is 2. The summed E-state index contributed by atoms with van der Waals surface area (Å²) in [6.45, 7) is 2.20. The highest BCUT2D eigenvalue weighted by atomic mass is 15.1. The third-order valence-electron chi connectivity index (χ3n) is 2.67. The van der Waals surface area contributed by atoms with Crippen LogP contribution in [0.15, 0.2) is 42.9 Å². The number of rotatable bonds is 1. The zero-order chi connectivity index (χ0) is 9.97. The van der Waals surface area contributed by atoms with Crippen molar-refractivity contribution < 1.29 is 0 Å². The molecule has 0 aliphatic carbocycles. The van der Waals surface area contributed by atoms with Crippen LogP contribution in [0.1, 0.15) is 12.5 Å². The third-order valence-corrected chi connectivity index (χ3v) is 2.67. The van der Waals surface area contributed by atoms with Crippen molar-refractivity contribution in [2.24, 2.45) is 0 Å². The van der Waals surface area contributed by atoms with Crippen LogP contribution in [0.25, 0.3) is 5.57 Å². The zero-order valence-corrected chi connectivity index (χ0v) is 8.51. The summed E-state index contributed by atoms with van der Waals surface area (Å²) in [7, 11) is 2.09. The summed E-state index contributed by atoms with van der Waals surface area (Å²) in [5, 5.41) is 0. The minimum atomic E-state index is 0.433. The minimum Gasteiger partial charge on any atom is -0.374 e. The van der Waals surface area contributed by atoms with Crippen LogP contribution in [0.2, 0.25) is 0 Å². The lowest BCUT2D eigenvalue weighted by Gasteiger charge is -2.28. The Morgan fingerprint density at radius 1 is 1.29 bits per heavy atom. The summed E-state index contributed by atoms with van der Waals surface area (Å²) in [4.78, 5) is 6.23. The highest BCUT2D eigenvalue weighted by molar-refractivity contribution is 5.71. The predicted molar refractivity (Wildman–Crippen MR) is 58.6 cm³/mol. The van der Waals surface area contributed by atoms with Crippen LogP contribution in [0, 0.1) is 0 Å². The molecule has 0 bridgehead atoms. The van der Waals surface area contributed by atoms with E-state index in [0.717, 1.165) is 0 Å². The van der Waals surface area contributed by atoms with Crippen molar-refractivity contribution in [3.05, 3.63) is 48.4 Å². The first-order chi connectivity index (χ1) is 6.79. The third kappa shape index (κ3) is 1.55. The molecule has 0 saturated carbocycles. The van der Waals surface area contributed by atoms with Crippen LogP contribution < -0.4 is 0 Å². The summed E-state index contributed by atoms with van der Waals surface area (Å²) in [6.07, 6.45) is 10.0. The van der Waals surface area contributed by atoms with E-state index < -0.39 is 0 Å². The Bertz CT molecular complexity index is 365. The fraction of sp³-hybridized carbons (Fsp3) is 0.250. The largest absolute Gasteiger partial charge is 0.374 e. The van der Waals surface area contributed by atoms with E-state index in [1.807, 2.05) is 12.4 Å². The first-order valence-electron chi connectivity index (χ1n) is 4.80. The van der Waals surface area contributed by atoms with Crippen molar-refractivity contribution >= 4 is 5.57 Å². The van der Waals surface area contributed by atoms with Crippen LogP contribution in [-0.2, 0) is 0 Å². The molecular weight excluding hydrogens is 172 g/mol. The molecule has 1 atom stereocenters. The second-order valence-corrected chi connectivity index (χ2v) is 3.54. The second-order valence-electron chi connectivity index (χ2n) is 3.54. The number of pyridine rings is 1. The Kier molecular flexibility index (Phi) is 2.35. The van der Waals surface area contributed by atoms with Crippen molar-refractivity contribution in [2.45, 2.75) is 13.0 Å². The second kappa shape index (κ2) is 3.66. The highest BCUT2D eigenvalue weighted by Crippen LogP contribution is 2.23. The van der Waals surface area contributed by atoms with Gasteiger partial charge in [-0.05, 0) is 42.5 Å². The van der Waals surface area contributed by atoms with Gasteiger partial charge in [0, 0.05) is 19.4 Å². The molecule has 0 amide bonds. The standard InChI is InChI=1S/C12H14N2/c1-10-12(4-3-9-14(10)2)11-5-7-13-8-6-11/h3-10H,1-2H3. The molecule has 1 aliphatic rings. The molecular formula is C12H14N2. The van der Waals surface area contributed by atoms with Gasteiger partial charge in [0.15, 0.2) is 0 Å². The molecule has 0 aromatic carbocycles. The Labute approximate surface area is 84.6 Å². The van der Waals surface area contributed by atoms with Gasteiger partial charge in [0.25, 0.3) is 0 Å². The van der Waals surface area contributed by atoms with Gasteiger partial charge in [-0.2, -0.15) is 0 Å². The van der Waals surface area contributed by atoms with Crippen LogP contribution in [0.3, 0.4) is 0 Å². The molecule has 0 fully saturated rings. The maximum Gasteiger partial charge on any atom is 0.0511 e. The van der Waals surface area contributed by atoms with Crippen molar-refractivity contribution in [1.82, 2.24) is 9.88 Å². The van der Waals surface area contributed by atoms with Gasteiger partial charge in [-0.1, -0.05) is 6.08 Å². The molecule has 2 heteroatoms. The van der Waals surface area contributed by atoms with E-state index in [1.54, 1.807) is 0 Å². The zero-order valence-electron chi connectivity index (χ0n) is 8.51. The van der Waals surface area contributed by atoms with Gasteiger partial charge in [0.1, 0.15) is 0 Å². The first-order valence-corrected chi connectivity index (χ1v) is 4.80. The summed E-state index contributed by atoms with van der Waals surface area (Å²) < 4.78 is 0. The van der Waals surface area contributed by atoms with E-state index in [2.05, 4.69) is 54.3 Å². The van der Waals surface area contributed by atoms with E-state index in [1.165, 1.54) is 11.1 Å². The first kappa shape index (κ1) is 9.00. The predicted octanol–water partition coefficient (Wildman–Crippen LogP) is 2.31. The normalized spacial score (nSPS) is 20.9. The molecule has 2 rings (SSSR count). The topological polar surface area (TPSA) is 16.1 Å². The molecule has 72 valence electrons. The van der Waals surface area contributed by atoms with E-state index in [4.69, 9.17) is 0 Å². The van der Waals surface area contributed by atoms with Gasteiger partial charge in [0.2, 0.25) is 0 Å². The fourth-order valence-corrected chi connectivity index (χ4v) is 1.65. The van der Waals surface area contributed by atoms with Gasteiger partial charge in [-0.25, -0.2) is 0 Å². The SMILES string of the molecule is CC1C(c2ccncc2)=CC=CN1C. The maximum atomic E-state index is 4.03. The van der Waals surface area contributed by atoms with Crippen molar-refractivity contribution in [3.8, 4) is 0 Å². The molecule has 0 spiro atoms. The molecule has 1 unspecified atom stereocenters. The minimum absolute atomic E-state index is 0.433. The average molecular weight is 186 g/mol. The van der Waals surface area contributed by atoms with Crippen LogP contribution in [-0.4, -0.2) is 23.0 Å². The van der Waals surface area contributed by atoms with E-state index in [0.29, 0.717) is 6.04 Å². The Morgan fingerprint density at radius 3 is 2.71 bits per heavy atom. The number of hydrogen-bond acceptors (Lipinski definition) is 2. The Morgan fingerprint density at radius 2 is 2.00 bits per heavy atom. The Balaban J connectivity index is 2.35. The molecule has 0 N–H and O–H groups in total. The van der Waals surface area contributed by atoms with E-state index in [-0.39, 0.29) is 0 Å². The maximum absolute atomic E-state index is 4.03. The summed E-state index contributed by atoms with van der Waals surface area (Å²) in [6, 6.07) is 4.53. The number of aromatic nitrogens is 1. The summed E-state index contributed by atoms with van der Waals surface area (Å²) >= 11 is 0. The monoisotopic (exact) mass is 186 g/mol. The fourth-order valence-electron chi connectivity index (χ4n) is 1.65. The highest BCUT2D eigenvalue weighted by Gasteiger charge is 2.15. The molecule has 2 heterocycles. The lowest BCUT2D eigenvalue weighted by Crippen LogP contribution is -2.26. The Hall–Kier alpha value is -1.57. The number of hydrogen-bond donors (Lipinski definition) is 0. The van der Waals surface area contributed by atoms with Crippen LogP contribution in [0.5, 0.6) is 0 Å². The molecule has 1 aromatic heterocycles. The van der Waals surface area contributed by atoms with Crippen molar-refractivity contribution in [2.75, 3.05) is 7.05 Å². The van der Waals surface area contributed by atoms with Crippen LogP contribution >= 0.6 is 0 Å². The van der Waals surface area contributed by atoms with Gasteiger partial charge < -0.3 is 4.90 Å². The molecule has 14 heavy (non-hydrogen) atoms. The average Bonchev–Trinajstić information content (AvgIpc) is 2.23. The molecule has 0 radical (unpaired) electrons. The molecule has 1 aliphatic heterocycles. The number of likely N-dealkylation sites (N-methyl/N-ethyl adjacent to an activating group) is 1. The quantitative estimate of drug-likeness (QED) is 0.669. The van der Waals surface area contributed by atoms with E-state index >= 15 is 0 Å². The van der Waals surface area contributed by atoms with Crippen LogP contribution in [0.4, 0.5) is 0 Å². The lowest BCUT2D eigenvalue weighted by atomic mass is 9.98. The van der Waals surface area contributed by atoms with Gasteiger partial charge in [-0.3, -0.25) is 4.98 Å².